The van der Waals surface area contributed by atoms with E-state index in [4.69, 9.17) is 9.60 Å². The van der Waals surface area contributed by atoms with Crippen molar-refractivity contribution in [2.45, 2.75) is 90.9 Å². The molecule has 3 aliphatic rings. The molecular weight excluding hydrogens is 1390 g/mol. The molecule has 0 saturated heterocycles. The molecule has 5 heteroatoms. The van der Waals surface area contributed by atoms with Crippen LogP contribution in [0.3, 0.4) is 0 Å². The van der Waals surface area contributed by atoms with Crippen molar-refractivity contribution in [3.8, 4) is 61.3 Å². The highest BCUT2D eigenvalue weighted by atomic mass is 15.2. The van der Waals surface area contributed by atoms with Gasteiger partial charge in [0, 0.05) is 77.0 Å². The Bertz CT molecular complexity index is 7580. The second-order valence-corrected chi connectivity index (χ2v) is 32.4. The van der Waals surface area contributed by atoms with E-state index < -0.39 is 145 Å². The second kappa shape index (κ2) is 29.1. The number of hydrogen-bond acceptors (Lipinski definition) is 3. The molecule has 1 aromatic heterocycles. The summed E-state index contributed by atoms with van der Waals surface area (Å²) in [5, 5.41) is -0.173. The van der Waals surface area contributed by atoms with Crippen LogP contribution < -0.4 is 31.1 Å². The average Bonchev–Trinajstić information content (AvgIpc) is 1.05. The predicted octanol–water partition coefficient (Wildman–Crippen LogP) is 25.8. The Morgan fingerprint density at radius 3 is 1.35 bits per heavy atom. The van der Waals surface area contributed by atoms with Crippen LogP contribution in [0.2, 0.25) is 0 Å². The van der Waals surface area contributed by atoms with Crippen LogP contribution in [-0.2, 0) is 43.4 Å². The minimum Gasteiger partial charge on any atom is -0.363 e. The SMILES string of the molecule is [2H]c1c([2H])c([2H])c(CN(Cc2cc3c4c(c2)N(Cc2c(-c5ccccc5)cc(C(C)(C)C)cc2-c2ccccc2)c2cc(-n5c6c([2H])c([2H])c([2H])c([2H])c6c6c([2H])c([2H])c([2H])c([2H])c65)ccc2B4c2ccc(Cc4cccc(C(C)(C)C)c4)cc2N3Cc2c(-c3ccccc3)cccc2-c2ccccc2)c2ccc(C3c4c([2H])c([2H])c([2H])c([2H])c4-c4c([2H])c([2H])c([2H])c([2H])c43)cc2)c([2H])c1[2H]. The minimum atomic E-state index is -1.15. The number of nitrogens with zero attached hydrogens (tertiary/aromatic N) is 4. The van der Waals surface area contributed by atoms with E-state index in [1.54, 1.807) is 28.8 Å². The Morgan fingerprint density at radius 1 is 0.348 bits per heavy atom. The Kier molecular flexibility index (Phi) is 13.0. The van der Waals surface area contributed by atoms with E-state index in [1.165, 1.54) is 5.56 Å². The number of para-hydroxylation sites is 2. The quantitative estimate of drug-likeness (QED) is 0.0845. The van der Waals surface area contributed by atoms with Gasteiger partial charge in [0.15, 0.2) is 0 Å². The number of benzene rings is 16. The Labute approximate surface area is 707 Å². The Hall–Kier alpha value is -13.2. The molecule has 115 heavy (non-hydrogen) atoms. The Morgan fingerprint density at radius 2 is 0.800 bits per heavy atom. The van der Waals surface area contributed by atoms with Crippen LogP contribution in [0.4, 0.5) is 28.4 Å². The van der Waals surface area contributed by atoms with Gasteiger partial charge in [0.05, 0.1) is 39.8 Å². The summed E-state index contributed by atoms with van der Waals surface area (Å²) in [6.07, 6.45) is 0.530. The van der Waals surface area contributed by atoms with Gasteiger partial charge in [-0.2, -0.15) is 0 Å². The molecule has 2 aliphatic heterocycles. The summed E-state index contributed by atoms with van der Waals surface area (Å²) in [5.41, 5.74) is 20.5. The van der Waals surface area contributed by atoms with Crippen LogP contribution >= 0.6 is 0 Å². The maximum Gasteiger partial charge on any atom is 0.252 e. The van der Waals surface area contributed by atoms with Gasteiger partial charge in [0.25, 0.3) is 6.71 Å². The molecule has 20 rings (SSSR count). The summed E-state index contributed by atoms with van der Waals surface area (Å²) in [6.45, 7) is 12.5. The van der Waals surface area contributed by atoms with E-state index in [0.29, 0.717) is 40.3 Å². The zero-order chi connectivity index (χ0) is 95.7. The van der Waals surface area contributed by atoms with Crippen LogP contribution in [0.15, 0.2) is 376 Å². The van der Waals surface area contributed by atoms with Crippen molar-refractivity contribution in [1.29, 1.82) is 0 Å². The van der Waals surface area contributed by atoms with E-state index in [0.717, 1.165) is 100 Å². The molecule has 0 unspecified atom stereocenters. The summed E-state index contributed by atoms with van der Waals surface area (Å²) in [6, 6.07) is 74.2. The first-order chi connectivity index (χ1) is 65.0. The monoisotopic (exact) mass is 1500 g/mol. The van der Waals surface area contributed by atoms with Crippen molar-refractivity contribution in [2.75, 3.05) is 14.7 Å². The molecule has 0 atom stereocenters. The Balaban J connectivity index is 0.914. The third-order valence-electron chi connectivity index (χ3n) is 23.3. The molecule has 0 N–H and O–H groups in total. The molecule has 1 aliphatic carbocycles. The van der Waals surface area contributed by atoms with Crippen LogP contribution in [0.25, 0.3) is 83.1 Å². The average molecular weight is 1500 g/mol. The molecule has 0 spiro atoms. The van der Waals surface area contributed by atoms with Crippen LogP contribution in [0.5, 0.6) is 0 Å². The van der Waals surface area contributed by atoms with Gasteiger partial charge in [0.1, 0.15) is 0 Å². The summed E-state index contributed by atoms with van der Waals surface area (Å²) in [4.78, 5) is 6.68. The molecule has 0 radical (unpaired) electrons. The molecule has 3 heterocycles. The zero-order valence-corrected chi connectivity index (χ0v) is 64.7. The second-order valence-electron chi connectivity index (χ2n) is 32.4. The zero-order valence-electron chi connectivity index (χ0n) is 85.7. The number of aromatic nitrogens is 1. The van der Waals surface area contributed by atoms with E-state index in [2.05, 4.69) is 191 Å². The molecule has 0 saturated carbocycles. The number of rotatable bonds is 17. The van der Waals surface area contributed by atoms with Crippen LogP contribution in [-0.4, -0.2) is 11.3 Å². The maximum atomic E-state index is 9.94. The lowest BCUT2D eigenvalue weighted by Crippen LogP contribution is -2.62. The topological polar surface area (TPSA) is 14.7 Å². The number of anilines is 5. The normalized spacial score (nSPS) is 15.4. The highest BCUT2D eigenvalue weighted by Crippen LogP contribution is 2.50. The minimum absolute atomic E-state index is 0.0365. The number of fused-ring (bicyclic) bond motifs is 10. The predicted molar refractivity (Wildman–Crippen MR) is 487 cm³/mol. The van der Waals surface area contributed by atoms with Gasteiger partial charge in [-0.3, -0.25) is 0 Å². The van der Waals surface area contributed by atoms with Gasteiger partial charge in [-0.1, -0.05) is 363 Å². The molecule has 0 fully saturated rings. The summed E-state index contributed by atoms with van der Waals surface area (Å²) in [5.74, 6) is -1.15. The lowest BCUT2D eigenvalue weighted by atomic mass is 9.33. The fraction of sp³-hybridized carbons (Fsp3) is 0.127. The summed E-state index contributed by atoms with van der Waals surface area (Å²) < 4.78 is 198. The largest absolute Gasteiger partial charge is 0.363 e. The van der Waals surface area contributed by atoms with E-state index in [9.17, 15) is 19.2 Å². The van der Waals surface area contributed by atoms with Crippen molar-refractivity contribution in [3.63, 3.8) is 0 Å². The number of hydrogen-bond donors (Lipinski definition) is 0. The maximum absolute atomic E-state index is 9.94. The smallest absolute Gasteiger partial charge is 0.252 e. The van der Waals surface area contributed by atoms with Crippen LogP contribution in [0, 0.1) is 0 Å². The molecule has 4 nitrogen and oxygen atoms in total. The molecule has 16 aromatic carbocycles. The van der Waals surface area contributed by atoms with Gasteiger partial charge in [-0.15, -0.1) is 0 Å². The molecular formula is C110H91BN4. The third-order valence-corrected chi connectivity index (χ3v) is 23.3. The fourth-order valence-corrected chi connectivity index (χ4v) is 17.7. The molecule has 554 valence electrons. The molecule has 0 bridgehead atoms. The van der Waals surface area contributed by atoms with Crippen molar-refractivity contribution in [1.82, 2.24) is 4.57 Å². The third kappa shape index (κ3) is 13.0. The highest BCUT2D eigenvalue weighted by Gasteiger charge is 2.44. The first-order valence-electron chi connectivity index (χ1n) is 49.7. The first-order valence-corrected chi connectivity index (χ1v) is 39.2. The van der Waals surface area contributed by atoms with Gasteiger partial charge < -0.3 is 19.3 Å². The summed E-state index contributed by atoms with van der Waals surface area (Å²) in [7, 11) is 0. The summed E-state index contributed by atoms with van der Waals surface area (Å²) >= 11 is 0. The van der Waals surface area contributed by atoms with E-state index >= 15 is 0 Å². The van der Waals surface area contributed by atoms with Crippen molar-refractivity contribution < 1.29 is 28.8 Å². The van der Waals surface area contributed by atoms with E-state index in [-0.39, 0.29) is 81.2 Å². The van der Waals surface area contributed by atoms with E-state index in [1.807, 2.05) is 89.8 Å². The van der Waals surface area contributed by atoms with Crippen molar-refractivity contribution in [3.05, 3.63) is 437 Å². The van der Waals surface area contributed by atoms with Gasteiger partial charge >= 0.3 is 0 Å². The van der Waals surface area contributed by atoms with Gasteiger partial charge in [-0.05, 0) is 205 Å². The van der Waals surface area contributed by atoms with Crippen molar-refractivity contribution >= 4 is 73.3 Å². The lowest BCUT2D eigenvalue weighted by molar-refractivity contribution is 0.589. The van der Waals surface area contributed by atoms with Gasteiger partial charge in [0.2, 0.25) is 0 Å². The fourth-order valence-electron chi connectivity index (χ4n) is 17.7. The first kappa shape index (κ1) is 51.4. The van der Waals surface area contributed by atoms with Gasteiger partial charge in [-0.25, -0.2) is 0 Å². The van der Waals surface area contributed by atoms with Crippen LogP contribution in [0.1, 0.15) is 137 Å². The lowest BCUT2D eigenvalue weighted by Gasteiger charge is -2.45. The molecule has 0 amide bonds. The van der Waals surface area contributed by atoms with Crippen molar-refractivity contribution in [2.24, 2.45) is 0 Å². The highest BCUT2D eigenvalue weighted by molar-refractivity contribution is 7.00. The molecule has 17 aromatic rings. The standard InChI is InChI=1S/C110H91BN4/c1-109(2,3)83-43-30-34-75(63-83)62-76-54-60-99-103(64-76)113(72-97-87(78-35-14-8-15-36-78)50-31-51-88(97)79-37-16-9-17-38-79)105-65-77(71-112(70-74-32-12-7-13-33-74)85-57-55-82(56-58-85)107-93-48-24-22-44-89(93)90-45-23-25-49-94(90)107)66-106-108(105)111(99)100-61-59-86(115-101-52-28-26-46-91(101)92-47-27-29-53-102(92)115)69-104(100)114(106)73-98-95(80-39-18-10-19-40-80)67-84(110(4,5)6)68-96(98)81-41-20-11-21-42-81/h7-61,63-69,107H,62,70-73H2,1-6H3/i7D,12D,13D,22D,23D,24D,25D,26D,27D,28D,29D,32D,33D,44D,45D,46D,47D,48D,49D,52D,53D.